The number of thiophene rings is 1. The third-order valence-corrected chi connectivity index (χ3v) is 6.74. The number of nitrogens with zero attached hydrogens (tertiary/aromatic N) is 2. The van der Waals surface area contributed by atoms with Crippen LogP contribution in [0, 0.1) is 6.92 Å². The van der Waals surface area contributed by atoms with Gasteiger partial charge in [0, 0.05) is 4.47 Å². The topological polar surface area (TPSA) is 64.1 Å². The fourth-order valence-corrected chi connectivity index (χ4v) is 4.85. The van der Waals surface area contributed by atoms with Crippen LogP contribution in [-0.4, -0.2) is 22.0 Å². The Labute approximate surface area is 170 Å². The zero-order valence-electron chi connectivity index (χ0n) is 15.0. The molecule has 4 rings (SSSR count). The molecule has 27 heavy (non-hydrogen) atoms. The molecule has 1 N–H and O–H groups in total. The highest BCUT2D eigenvalue weighted by atomic mass is 79.9. The van der Waals surface area contributed by atoms with Gasteiger partial charge in [-0.05, 0) is 66.2 Å². The number of hydrogen-bond donors (Lipinski definition) is 1. The molecule has 2 aromatic heterocycles. The molecule has 3 aromatic rings. The SMILES string of the molecule is Cc1c(C(=O)OC2CCCCC2)sc2ncnc(Nc3ccccc3Br)c12. The van der Waals surface area contributed by atoms with Gasteiger partial charge in [-0.2, -0.15) is 0 Å². The predicted molar refractivity (Wildman–Crippen MR) is 112 cm³/mol. The molecule has 1 aliphatic carbocycles. The Morgan fingerprint density at radius 3 is 2.78 bits per heavy atom. The summed E-state index contributed by atoms with van der Waals surface area (Å²) in [4.78, 5) is 22.9. The van der Waals surface area contributed by atoms with Crippen molar-refractivity contribution in [3.63, 3.8) is 0 Å². The fraction of sp³-hybridized carbons (Fsp3) is 0.350. The molecule has 1 aliphatic rings. The van der Waals surface area contributed by atoms with Gasteiger partial charge in [-0.1, -0.05) is 18.6 Å². The summed E-state index contributed by atoms with van der Waals surface area (Å²) in [5, 5.41) is 4.22. The average molecular weight is 446 g/mol. The standard InChI is InChI=1S/C20H20BrN3O2S/c1-12-16-18(24-15-10-6-5-9-14(15)21)22-11-23-19(16)27-17(12)20(25)26-13-7-3-2-4-8-13/h5-6,9-11,13H,2-4,7-8H2,1H3,(H,22,23,24). The van der Waals surface area contributed by atoms with Crippen LogP contribution in [0.2, 0.25) is 0 Å². The van der Waals surface area contributed by atoms with E-state index in [9.17, 15) is 4.79 Å². The lowest BCUT2D eigenvalue weighted by atomic mass is 9.98. The van der Waals surface area contributed by atoms with E-state index < -0.39 is 0 Å². The van der Waals surface area contributed by atoms with Gasteiger partial charge < -0.3 is 10.1 Å². The number of anilines is 2. The number of carbonyl (C=O) groups is 1. The maximum atomic E-state index is 12.7. The van der Waals surface area contributed by atoms with Gasteiger partial charge in [0.15, 0.2) is 0 Å². The number of halogens is 1. The minimum atomic E-state index is -0.241. The van der Waals surface area contributed by atoms with Gasteiger partial charge in [-0.3, -0.25) is 0 Å². The van der Waals surface area contributed by atoms with Crippen molar-refractivity contribution in [1.29, 1.82) is 0 Å². The smallest absolute Gasteiger partial charge is 0.348 e. The molecule has 0 aliphatic heterocycles. The van der Waals surface area contributed by atoms with Gasteiger partial charge in [0.1, 0.15) is 28.0 Å². The van der Waals surface area contributed by atoms with Crippen LogP contribution in [0.15, 0.2) is 35.1 Å². The van der Waals surface area contributed by atoms with Crippen molar-refractivity contribution < 1.29 is 9.53 Å². The predicted octanol–water partition coefficient (Wildman–Crippen LogP) is 6.00. The van der Waals surface area contributed by atoms with Gasteiger partial charge in [0.25, 0.3) is 0 Å². The molecule has 1 saturated carbocycles. The van der Waals surface area contributed by atoms with E-state index in [-0.39, 0.29) is 12.1 Å². The number of aromatic nitrogens is 2. The second-order valence-corrected chi connectivity index (χ2v) is 8.58. The van der Waals surface area contributed by atoms with Crippen molar-refractivity contribution in [2.45, 2.75) is 45.1 Å². The number of aryl methyl sites for hydroxylation is 1. The first-order valence-electron chi connectivity index (χ1n) is 9.10. The van der Waals surface area contributed by atoms with E-state index in [1.54, 1.807) is 0 Å². The lowest BCUT2D eigenvalue weighted by Gasteiger charge is -2.21. The third kappa shape index (κ3) is 3.84. The largest absolute Gasteiger partial charge is 0.458 e. The van der Waals surface area contributed by atoms with E-state index in [0.717, 1.165) is 51.6 Å². The highest BCUT2D eigenvalue weighted by Gasteiger charge is 2.24. The molecule has 5 nitrogen and oxygen atoms in total. The molecule has 1 fully saturated rings. The number of benzene rings is 1. The summed E-state index contributed by atoms with van der Waals surface area (Å²) in [6.07, 6.45) is 6.99. The minimum absolute atomic E-state index is 0.0415. The van der Waals surface area contributed by atoms with Crippen LogP contribution in [0.3, 0.4) is 0 Å². The van der Waals surface area contributed by atoms with Crippen molar-refractivity contribution in [3.8, 4) is 0 Å². The summed E-state index contributed by atoms with van der Waals surface area (Å²) < 4.78 is 6.71. The van der Waals surface area contributed by atoms with E-state index in [0.29, 0.717) is 10.7 Å². The van der Waals surface area contributed by atoms with E-state index in [2.05, 4.69) is 31.2 Å². The Morgan fingerprint density at radius 1 is 1.22 bits per heavy atom. The number of esters is 1. The molecule has 0 spiro atoms. The Hall–Kier alpha value is -1.99. The van der Waals surface area contributed by atoms with E-state index in [4.69, 9.17) is 4.74 Å². The van der Waals surface area contributed by atoms with E-state index in [1.165, 1.54) is 24.1 Å². The van der Waals surface area contributed by atoms with Crippen LogP contribution in [0.25, 0.3) is 10.2 Å². The summed E-state index contributed by atoms with van der Waals surface area (Å²) in [6.45, 7) is 1.94. The van der Waals surface area contributed by atoms with Gasteiger partial charge in [0.2, 0.25) is 0 Å². The Morgan fingerprint density at radius 2 is 2.00 bits per heavy atom. The zero-order chi connectivity index (χ0) is 18.8. The number of rotatable bonds is 4. The van der Waals surface area contributed by atoms with E-state index in [1.807, 2.05) is 31.2 Å². The lowest BCUT2D eigenvalue weighted by Crippen LogP contribution is -2.20. The van der Waals surface area contributed by atoms with Crippen LogP contribution < -0.4 is 5.32 Å². The van der Waals surface area contributed by atoms with Crippen LogP contribution >= 0.6 is 27.3 Å². The van der Waals surface area contributed by atoms with Gasteiger partial charge >= 0.3 is 5.97 Å². The third-order valence-electron chi connectivity index (χ3n) is 4.87. The van der Waals surface area contributed by atoms with Crippen molar-refractivity contribution >= 4 is 55.0 Å². The lowest BCUT2D eigenvalue weighted by molar-refractivity contribution is 0.0216. The van der Waals surface area contributed by atoms with Crippen LogP contribution in [0.1, 0.15) is 47.3 Å². The molecule has 0 amide bonds. The van der Waals surface area contributed by atoms with E-state index >= 15 is 0 Å². The van der Waals surface area contributed by atoms with Crippen LogP contribution in [-0.2, 0) is 4.74 Å². The van der Waals surface area contributed by atoms with Crippen molar-refractivity contribution in [1.82, 2.24) is 9.97 Å². The molecule has 0 saturated heterocycles. The number of fused-ring (bicyclic) bond motifs is 1. The van der Waals surface area contributed by atoms with Crippen molar-refractivity contribution in [2.24, 2.45) is 0 Å². The summed E-state index contributed by atoms with van der Waals surface area (Å²) >= 11 is 4.91. The summed E-state index contributed by atoms with van der Waals surface area (Å²) in [6, 6.07) is 7.85. The normalized spacial score (nSPS) is 15.0. The Kier molecular flexibility index (Phi) is 5.41. The molecular formula is C20H20BrN3O2S. The highest BCUT2D eigenvalue weighted by molar-refractivity contribution is 9.10. The number of hydrogen-bond acceptors (Lipinski definition) is 6. The second kappa shape index (κ2) is 7.94. The van der Waals surface area contributed by atoms with Gasteiger partial charge in [-0.15, -0.1) is 11.3 Å². The van der Waals surface area contributed by atoms with Crippen molar-refractivity contribution in [2.75, 3.05) is 5.32 Å². The average Bonchev–Trinajstić information content (AvgIpc) is 3.02. The van der Waals surface area contributed by atoms with Gasteiger partial charge in [-0.25, -0.2) is 14.8 Å². The molecule has 0 unspecified atom stereocenters. The molecule has 1 aromatic carbocycles. The molecule has 140 valence electrons. The number of carbonyl (C=O) groups excluding carboxylic acids is 1. The number of para-hydroxylation sites is 1. The molecule has 0 bridgehead atoms. The Balaban J connectivity index is 1.65. The molecule has 0 atom stereocenters. The first kappa shape index (κ1) is 18.4. The number of nitrogens with one attached hydrogen (secondary N) is 1. The zero-order valence-corrected chi connectivity index (χ0v) is 17.4. The first-order valence-corrected chi connectivity index (χ1v) is 10.7. The second-order valence-electron chi connectivity index (χ2n) is 6.73. The summed E-state index contributed by atoms with van der Waals surface area (Å²) in [7, 11) is 0. The van der Waals surface area contributed by atoms with Crippen molar-refractivity contribution in [3.05, 3.63) is 45.5 Å². The molecular weight excluding hydrogens is 426 g/mol. The minimum Gasteiger partial charge on any atom is -0.458 e. The first-order chi connectivity index (χ1) is 13.1. The monoisotopic (exact) mass is 445 g/mol. The maximum absolute atomic E-state index is 12.7. The summed E-state index contributed by atoms with van der Waals surface area (Å²) in [5.74, 6) is 0.451. The fourth-order valence-electron chi connectivity index (χ4n) is 3.44. The highest BCUT2D eigenvalue weighted by Crippen LogP contribution is 2.36. The van der Waals surface area contributed by atoms with Crippen LogP contribution in [0.4, 0.5) is 11.5 Å². The summed E-state index contributed by atoms with van der Waals surface area (Å²) in [5.41, 5.74) is 1.78. The molecule has 0 radical (unpaired) electrons. The molecule has 7 heteroatoms. The van der Waals surface area contributed by atoms with Crippen LogP contribution in [0.5, 0.6) is 0 Å². The Bertz CT molecular complexity index is 983. The number of ether oxygens (including phenoxy) is 1. The maximum Gasteiger partial charge on any atom is 0.348 e. The quantitative estimate of drug-likeness (QED) is 0.499. The molecule has 2 heterocycles. The van der Waals surface area contributed by atoms with Gasteiger partial charge in [0.05, 0.1) is 11.1 Å².